The Morgan fingerprint density at radius 1 is 1.27 bits per heavy atom. The van der Waals surface area contributed by atoms with E-state index >= 15 is 0 Å². The zero-order valence-electron chi connectivity index (χ0n) is 9.07. The molecule has 0 aliphatic heterocycles. The average Bonchev–Trinajstić information content (AvgIpc) is 2.07. The Balaban J connectivity index is 3.36. The number of benzene rings is 1. The van der Waals surface area contributed by atoms with E-state index in [0.717, 1.165) is 5.56 Å². The lowest BCUT2D eigenvalue weighted by Gasteiger charge is -2.11. The maximum Gasteiger partial charge on any atom is 0.238 e. The maximum atomic E-state index is 11.2. The van der Waals surface area contributed by atoms with E-state index in [2.05, 4.69) is 0 Å². The molecule has 15 heavy (non-hydrogen) atoms. The summed E-state index contributed by atoms with van der Waals surface area (Å²) in [6.07, 6.45) is 0. The molecule has 0 radical (unpaired) electrons. The molecule has 0 spiro atoms. The summed E-state index contributed by atoms with van der Waals surface area (Å²) in [6.45, 7) is 5.91. The second-order valence-electron chi connectivity index (χ2n) is 3.36. The van der Waals surface area contributed by atoms with Gasteiger partial charge in [-0.1, -0.05) is 6.07 Å². The third-order valence-corrected chi connectivity index (χ3v) is 3.13. The van der Waals surface area contributed by atoms with E-state index in [1.165, 1.54) is 6.07 Å². The molecule has 1 aromatic carbocycles. The van der Waals surface area contributed by atoms with Crippen molar-refractivity contribution >= 4 is 10.0 Å². The van der Waals surface area contributed by atoms with Crippen LogP contribution in [0.3, 0.4) is 0 Å². The fourth-order valence-corrected chi connectivity index (χ4v) is 2.21. The fraction of sp³-hybridized carbons (Fsp3) is 0.400. The van der Waals surface area contributed by atoms with Gasteiger partial charge in [-0.2, -0.15) is 0 Å². The van der Waals surface area contributed by atoms with E-state index in [-0.39, 0.29) is 4.90 Å². The van der Waals surface area contributed by atoms with Gasteiger partial charge < -0.3 is 4.74 Å². The van der Waals surface area contributed by atoms with E-state index in [1.807, 2.05) is 13.8 Å². The predicted molar refractivity (Wildman–Crippen MR) is 58.5 cm³/mol. The molecule has 0 saturated heterocycles. The summed E-state index contributed by atoms with van der Waals surface area (Å²) < 4.78 is 27.8. The first-order chi connectivity index (χ1) is 6.86. The van der Waals surface area contributed by atoms with Crippen molar-refractivity contribution < 1.29 is 13.2 Å². The minimum atomic E-state index is -3.67. The molecule has 1 aromatic rings. The largest absolute Gasteiger partial charge is 0.494 e. The summed E-state index contributed by atoms with van der Waals surface area (Å²) in [5.74, 6) is 0.562. The molecule has 0 aromatic heterocycles. The highest BCUT2D eigenvalue weighted by molar-refractivity contribution is 7.89. The molecule has 84 valence electrons. The van der Waals surface area contributed by atoms with Crippen LogP contribution in [-0.2, 0) is 10.0 Å². The van der Waals surface area contributed by atoms with E-state index in [1.54, 1.807) is 13.0 Å². The van der Waals surface area contributed by atoms with Crippen molar-refractivity contribution in [1.82, 2.24) is 0 Å². The van der Waals surface area contributed by atoms with Crippen molar-refractivity contribution in [2.75, 3.05) is 6.61 Å². The minimum absolute atomic E-state index is 0.122. The zero-order valence-corrected chi connectivity index (χ0v) is 9.89. The van der Waals surface area contributed by atoms with Gasteiger partial charge in [0.25, 0.3) is 0 Å². The van der Waals surface area contributed by atoms with Crippen LogP contribution in [0.25, 0.3) is 0 Å². The molecule has 0 saturated carbocycles. The molecule has 0 fully saturated rings. The quantitative estimate of drug-likeness (QED) is 0.850. The lowest BCUT2D eigenvalue weighted by molar-refractivity contribution is 0.337. The number of primary sulfonamides is 1. The predicted octanol–water partition coefficient (Wildman–Crippen LogP) is 1.35. The number of aryl methyl sites for hydroxylation is 2. The molecule has 0 bridgehead atoms. The van der Waals surface area contributed by atoms with Crippen LogP contribution in [0.4, 0.5) is 0 Å². The molecule has 0 aliphatic rings. The van der Waals surface area contributed by atoms with Crippen LogP contribution >= 0.6 is 0 Å². The Bertz CT molecular complexity index is 466. The number of hydrogen-bond acceptors (Lipinski definition) is 3. The monoisotopic (exact) mass is 229 g/mol. The summed E-state index contributed by atoms with van der Waals surface area (Å²) in [5, 5.41) is 5.09. The average molecular weight is 229 g/mol. The molecule has 0 heterocycles. The van der Waals surface area contributed by atoms with E-state index in [9.17, 15) is 8.42 Å². The SMILES string of the molecule is CCOc1cc(S(N)(=O)=O)c(C)cc1C. The smallest absolute Gasteiger partial charge is 0.238 e. The van der Waals surface area contributed by atoms with Crippen LogP contribution in [-0.4, -0.2) is 15.0 Å². The highest BCUT2D eigenvalue weighted by atomic mass is 32.2. The Hall–Kier alpha value is -1.07. The van der Waals surface area contributed by atoms with Gasteiger partial charge in [0, 0.05) is 6.07 Å². The Morgan fingerprint density at radius 3 is 2.33 bits per heavy atom. The highest BCUT2D eigenvalue weighted by Gasteiger charge is 2.14. The second-order valence-corrected chi connectivity index (χ2v) is 4.89. The molecule has 0 atom stereocenters. The molecular formula is C10H15NO3S. The van der Waals surface area contributed by atoms with Crippen molar-refractivity contribution in [3.05, 3.63) is 23.3 Å². The van der Waals surface area contributed by atoms with Crippen LogP contribution in [0, 0.1) is 13.8 Å². The lowest BCUT2D eigenvalue weighted by atomic mass is 10.1. The molecule has 0 aliphatic carbocycles. The standard InChI is InChI=1S/C10H15NO3S/c1-4-14-9-6-10(15(11,12)13)8(3)5-7(9)2/h5-6H,4H2,1-3H3,(H2,11,12,13). The highest BCUT2D eigenvalue weighted by Crippen LogP contribution is 2.25. The first-order valence-electron chi connectivity index (χ1n) is 4.63. The van der Waals surface area contributed by atoms with Gasteiger partial charge >= 0.3 is 0 Å². The minimum Gasteiger partial charge on any atom is -0.494 e. The van der Waals surface area contributed by atoms with Crippen LogP contribution in [0.1, 0.15) is 18.1 Å². The summed E-state index contributed by atoms with van der Waals surface area (Å²) in [5.41, 5.74) is 1.54. The molecule has 2 N–H and O–H groups in total. The molecule has 5 heteroatoms. The summed E-state index contributed by atoms with van der Waals surface area (Å²) in [7, 11) is -3.67. The van der Waals surface area contributed by atoms with Gasteiger partial charge in [-0.05, 0) is 31.9 Å². The molecule has 4 nitrogen and oxygen atoms in total. The topological polar surface area (TPSA) is 69.4 Å². The number of rotatable bonds is 3. The first-order valence-corrected chi connectivity index (χ1v) is 6.17. The summed E-state index contributed by atoms with van der Waals surface area (Å²) >= 11 is 0. The number of nitrogens with two attached hydrogens (primary N) is 1. The Morgan fingerprint density at radius 2 is 1.87 bits per heavy atom. The third kappa shape index (κ3) is 2.70. The van der Waals surface area contributed by atoms with Crippen molar-refractivity contribution in [2.24, 2.45) is 5.14 Å². The maximum absolute atomic E-state index is 11.2. The first kappa shape index (κ1) is 12.0. The fourth-order valence-electron chi connectivity index (χ4n) is 1.43. The van der Waals surface area contributed by atoms with Gasteiger partial charge in [-0.15, -0.1) is 0 Å². The second kappa shape index (κ2) is 4.20. The van der Waals surface area contributed by atoms with Gasteiger partial charge in [-0.3, -0.25) is 0 Å². The van der Waals surface area contributed by atoms with Gasteiger partial charge in [0.1, 0.15) is 5.75 Å². The van der Waals surface area contributed by atoms with Crippen LogP contribution in [0.5, 0.6) is 5.75 Å². The normalized spacial score (nSPS) is 11.5. The van der Waals surface area contributed by atoms with E-state index in [0.29, 0.717) is 17.9 Å². The van der Waals surface area contributed by atoms with Crippen molar-refractivity contribution in [2.45, 2.75) is 25.7 Å². The molecular weight excluding hydrogens is 214 g/mol. The Labute approximate surface area is 90.1 Å². The van der Waals surface area contributed by atoms with Crippen molar-refractivity contribution in [3.63, 3.8) is 0 Å². The van der Waals surface area contributed by atoms with Gasteiger partial charge in [-0.25, -0.2) is 13.6 Å². The van der Waals surface area contributed by atoms with Crippen molar-refractivity contribution in [1.29, 1.82) is 0 Å². The van der Waals surface area contributed by atoms with Gasteiger partial charge in [0.15, 0.2) is 0 Å². The van der Waals surface area contributed by atoms with Crippen LogP contribution in [0.15, 0.2) is 17.0 Å². The number of ether oxygens (including phenoxy) is 1. The molecule has 0 unspecified atom stereocenters. The lowest BCUT2D eigenvalue weighted by Crippen LogP contribution is -2.14. The van der Waals surface area contributed by atoms with Gasteiger partial charge in [0.05, 0.1) is 11.5 Å². The van der Waals surface area contributed by atoms with E-state index in [4.69, 9.17) is 9.88 Å². The summed E-state index contributed by atoms with van der Waals surface area (Å²) in [6, 6.07) is 3.23. The van der Waals surface area contributed by atoms with Crippen LogP contribution < -0.4 is 9.88 Å². The third-order valence-electron chi connectivity index (χ3n) is 2.08. The zero-order chi connectivity index (χ0) is 11.6. The van der Waals surface area contributed by atoms with Gasteiger partial charge in [0.2, 0.25) is 10.0 Å². The number of hydrogen-bond donors (Lipinski definition) is 1. The molecule has 0 amide bonds. The Kier molecular flexibility index (Phi) is 3.36. The molecule has 1 rings (SSSR count). The summed E-state index contributed by atoms with van der Waals surface area (Å²) in [4.78, 5) is 0.122. The van der Waals surface area contributed by atoms with Crippen LogP contribution in [0.2, 0.25) is 0 Å². The van der Waals surface area contributed by atoms with Crippen molar-refractivity contribution in [3.8, 4) is 5.75 Å². The number of sulfonamides is 1. The van der Waals surface area contributed by atoms with E-state index < -0.39 is 10.0 Å².